The molecule has 0 bridgehead atoms. The van der Waals surface area contributed by atoms with Gasteiger partial charge in [0.15, 0.2) is 0 Å². The Hall–Kier alpha value is -0.610. The molecule has 1 N–H and O–H groups in total. The number of nitrogens with one attached hydrogen (secondary N) is 1. The van der Waals surface area contributed by atoms with Crippen LogP contribution in [0.25, 0.3) is 0 Å². The summed E-state index contributed by atoms with van der Waals surface area (Å²) >= 11 is 4.08. The van der Waals surface area contributed by atoms with Gasteiger partial charge in [0, 0.05) is 6.07 Å². The van der Waals surface area contributed by atoms with Crippen LogP contribution >= 0.6 is 12.6 Å². The van der Waals surface area contributed by atoms with Gasteiger partial charge in [-0.3, -0.25) is 0 Å². The summed E-state index contributed by atoms with van der Waals surface area (Å²) in [5.41, 5.74) is 0.551. The van der Waals surface area contributed by atoms with Crippen LogP contribution < -0.4 is 5.32 Å². The van der Waals surface area contributed by atoms with Gasteiger partial charge in [-0.05, 0) is 43.3 Å². The van der Waals surface area contributed by atoms with Crippen LogP contribution in [0.5, 0.6) is 0 Å². The van der Waals surface area contributed by atoms with Crippen molar-refractivity contribution in [2.45, 2.75) is 12.8 Å². The van der Waals surface area contributed by atoms with E-state index in [2.05, 4.69) is 17.9 Å². The first-order valence-corrected chi connectivity index (χ1v) is 5.63. The molecule has 1 aromatic rings. The summed E-state index contributed by atoms with van der Waals surface area (Å²) in [5.74, 6) is -0.150. The van der Waals surface area contributed by atoms with E-state index in [1.165, 1.54) is 12.1 Å². The lowest BCUT2D eigenvalue weighted by Gasteiger charge is -2.04. The highest BCUT2D eigenvalue weighted by Gasteiger charge is 2.02. The summed E-state index contributed by atoms with van der Waals surface area (Å²) in [6.07, 6.45) is 1.58. The normalized spacial score (nSPS) is 10.6. The first-order valence-electron chi connectivity index (χ1n) is 4.99. The Morgan fingerprint density at radius 3 is 2.67 bits per heavy atom. The molecule has 0 fully saturated rings. The van der Waals surface area contributed by atoms with Crippen LogP contribution in [-0.4, -0.2) is 18.8 Å². The fourth-order valence-electron chi connectivity index (χ4n) is 1.28. The van der Waals surface area contributed by atoms with E-state index in [-0.39, 0.29) is 0 Å². The van der Waals surface area contributed by atoms with Crippen LogP contribution in [0.1, 0.15) is 12.0 Å². The quantitative estimate of drug-likeness (QED) is 0.566. The van der Waals surface area contributed by atoms with E-state index in [9.17, 15) is 8.78 Å². The lowest BCUT2D eigenvalue weighted by molar-refractivity contribution is 0.566. The molecule has 0 saturated carbocycles. The minimum absolute atomic E-state index is 0.467. The molecule has 1 nitrogen and oxygen atoms in total. The second kappa shape index (κ2) is 6.80. The monoisotopic (exact) mass is 231 g/mol. The average molecular weight is 231 g/mol. The smallest absolute Gasteiger partial charge is 0.129 e. The van der Waals surface area contributed by atoms with Gasteiger partial charge in [-0.2, -0.15) is 12.6 Å². The molecule has 84 valence electrons. The van der Waals surface area contributed by atoms with E-state index < -0.39 is 11.6 Å². The van der Waals surface area contributed by atoms with Crippen molar-refractivity contribution in [2.24, 2.45) is 0 Å². The van der Waals surface area contributed by atoms with Crippen LogP contribution in [0.2, 0.25) is 0 Å². The molecule has 0 heterocycles. The van der Waals surface area contributed by atoms with Crippen molar-refractivity contribution >= 4 is 12.6 Å². The molecule has 0 amide bonds. The summed E-state index contributed by atoms with van der Waals surface area (Å²) in [6.45, 7) is 1.59. The maximum atomic E-state index is 13.1. The molecule has 4 heteroatoms. The van der Waals surface area contributed by atoms with Gasteiger partial charge >= 0.3 is 0 Å². The Balaban J connectivity index is 2.31. The predicted octanol–water partition coefficient (Wildman–Crippen LogP) is 2.42. The van der Waals surface area contributed by atoms with E-state index >= 15 is 0 Å². The van der Waals surface area contributed by atoms with Crippen molar-refractivity contribution in [1.29, 1.82) is 0 Å². The van der Waals surface area contributed by atoms with E-state index in [4.69, 9.17) is 0 Å². The molecule has 1 rings (SSSR count). The second-order valence-corrected chi connectivity index (χ2v) is 3.76. The molecule has 0 atom stereocenters. The van der Waals surface area contributed by atoms with Crippen LogP contribution in [0.15, 0.2) is 18.2 Å². The highest BCUT2D eigenvalue weighted by Crippen LogP contribution is 2.09. The van der Waals surface area contributed by atoms with E-state index in [0.717, 1.165) is 24.8 Å². The molecule has 1 aromatic carbocycles. The summed E-state index contributed by atoms with van der Waals surface area (Å²) < 4.78 is 25.7. The fourth-order valence-corrected chi connectivity index (χ4v) is 1.43. The number of rotatable bonds is 6. The maximum absolute atomic E-state index is 13.1. The Kier molecular flexibility index (Phi) is 5.65. The number of benzene rings is 1. The number of thiol groups is 1. The molecular weight excluding hydrogens is 216 g/mol. The van der Waals surface area contributed by atoms with Crippen molar-refractivity contribution in [3.05, 3.63) is 35.4 Å². The van der Waals surface area contributed by atoms with E-state index in [0.29, 0.717) is 18.5 Å². The first-order chi connectivity index (χ1) is 7.24. The number of hydrogen-bond acceptors (Lipinski definition) is 2. The zero-order valence-electron chi connectivity index (χ0n) is 8.47. The first kappa shape index (κ1) is 12.5. The number of halogens is 2. The van der Waals surface area contributed by atoms with Gasteiger partial charge in [0.1, 0.15) is 11.6 Å². The van der Waals surface area contributed by atoms with Crippen LogP contribution in [-0.2, 0) is 6.42 Å². The molecule has 0 aliphatic rings. The third-order valence-corrected chi connectivity index (χ3v) is 2.41. The summed E-state index contributed by atoms with van der Waals surface area (Å²) in [5, 5.41) is 3.17. The van der Waals surface area contributed by atoms with Gasteiger partial charge in [0.2, 0.25) is 0 Å². The minimum Gasteiger partial charge on any atom is -0.316 e. The maximum Gasteiger partial charge on any atom is 0.129 e. The standard InChI is InChI=1S/C11H15F2NS/c12-10-3-2-9(11(13)8-10)4-6-14-5-1-7-15/h2-3,8,14-15H,1,4-7H2. The Labute approximate surface area is 94.3 Å². The third-order valence-electron chi connectivity index (χ3n) is 2.10. The molecule has 0 aliphatic carbocycles. The zero-order chi connectivity index (χ0) is 11.1. The molecule has 15 heavy (non-hydrogen) atoms. The van der Waals surface area contributed by atoms with Gasteiger partial charge in [-0.1, -0.05) is 6.07 Å². The number of hydrogen-bond donors (Lipinski definition) is 2. The molecule has 0 spiro atoms. The topological polar surface area (TPSA) is 12.0 Å². The van der Waals surface area contributed by atoms with E-state index in [1.54, 1.807) is 0 Å². The van der Waals surface area contributed by atoms with Crippen LogP contribution in [0, 0.1) is 11.6 Å². The zero-order valence-corrected chi connectivity index (χ0v) is 9.37. The van der Waals surface area contributed by atoms with Gasteiger partial charge in [0.05, 0.1) is 0 Å². The Morgan fingerprint density at radius 1 is 1.20 bits per heavy atom. The highest BCUT2D eigenvalue weighted by molar-refractivity contribution is 7.80. The lowest BCUT2D eigenvalue weighted by Crippen LogP contribution is -2.19. The fraction of sp³-hybridized carbons (Fsp3) is 0.455. The molecule has 0 aromatic heterocycles. The Morgan fingerprint density at radius 2 is 2.00 bits per heavy atom. The SMILES string of the molecule is Fc1ccc(CCNCCCS)c(F)c1. The van der Waals surface area contributed by atoms with E-state index in [1.807, 2.05) is 0 Å². The average Bonchev–Trinajstić information content (AvgIpc) is 2.20. The molecule has 0 unspecified atom stereocenters. The third kappa shape index (κ3) is 4.62. The second-order valence-electron chi connectivity index (χ2n) is 3.31. The van der Waals surface area contributed by atoms with Gasteiger partial charge in [-0.25, -0.2) is 8.78 Å². The van der Waals surface area contributed by atoms with Crippen molar-refractivity contribution in [2.75, 3.05) is 18.8 Å². The largest absolute Gasteiger partial charge is 0.316 e. The Bertz CT molecular complexity index is 305. The van der Waals surface area contributed by atoms with Gasteiger partial charge < -0.3 is 5.32 Å². The lowest BCUT2D eigenvalue weighted by atomic mass is 10.1. The van der Waals surface area contributed by atoms with Crippen LogP contribution in [0.4, 0.5) is 8.78 Å². The highest BCUT2D eigenvalue weighted by atomic mass is 32.1. The van der Waals surface area contributed by atoms with Gasteiger partial charge in [-0.15, -0.1) is 0 Å². The summed E-state index contributed by atoms with van der Waals surface area (Å²) in [4.78, 5) is 0. The van der Waals surface area contributed by atoms with Crippen molar-refractivity contribution in [1.82, 2.24) is 5.32 Å². The molecule has 0 radical (unpaired) electrons. The van der Waals surface area contributed by atoms with Crippen LogP contribution in [0.3, 0.4) is 0 Å². The molecule has 0 aliphatic heterocycles. The summed E-state index contributed by atoms with van der Waals surface area (Å²) in [6, 6.07) is 3.69. The minimum atomic E-state index is -0.528. The molecule has 0 saturated heterocycles. The van der Waals surface area contributed by atoms with Crippen molar-refractivity contribution in [3.63, 3.8) is 0 Å². The van der Waals surface area contributed by atoms with Crippen molar-refractivity contribution < 1.29 is 8.78 Å². The predicted molar refractivity (Wildman–Crippen MR) is 61.4 cm³/mol. The van der Waals surface area contributed by atoms with Crippen molar-refractivity contribution in [3.8, 4) is 0 Å². The van der Waals surface area contributed by atoms with Gasteiger partial charge in [0.25, 0.3) is 0 Å². The molecular formula is C11H15F2NS. The summed E-state index contributed by atoms with van der Waals surface area (Å²) in [7, 11) is 0.